The summed E-state index contributed by atoms with van der Waals surface area (Å²) in [6.07, 6.45) is 2.45. The molecule has 2 amide bonds. The highest BCUT2D eigenvalue weighted by Gasteiger charge is 2.29. The van der Waals surface area contributed by atoms with Gasteiger partial charge in [0, 0.05) is 13.1 Å². The molecular weight excluding hydrogens is 480 g/mol. The lowest BCUT2D eigenvalue weighted by Gasteiger charge is -2.30. The molecule has 5 nitrogen and oxygen atoms in total. The van der Waals surface area contributed by atoms with Crippen molar-refractivity contribution in [2.45, 2.75) is 72.4 Å². The van der Waals surface area contributed by atoms with E-state index in [4.69, 9.17) is 4.74 Å². The van der Waals surface area contributed by atoms with Crippen LogP contribution in [0.25, 0.3) is 0 Å². The average Bonchev–Trinajstić information content (AvgIpc) is 2.79. The van der Waals surface area contributed by atoms with Crippen molar-refractivity contribution in [2.24, 2.45) is 0 Å². The van der Waals surface area contributed by atoms with E-state index in [-0.39, 0.29) is 18.4 Å². The van der Waals surface area contributed by atoms with Crippen LogP contribution in [0.5, 0.6) is 5.75 Å². The molecule has 0 saturated heterocycles. The van der Waals surface area contributed by atoms with Gasteiger partial charge in [-0.1, -0.05) is 70.0 Å². The maximum atomic E-state index is 13.3. The van der Waals surface area contributed by atoms with Crippen molar-refractivity contribution in [2.75, 3.05) is 13.2 Å². The van der Waals surface area contributed by atoms with Crippen LogP contribution in [0.2, 0.25) is 0 Å². The number of hydrogen-bond donors (Lipinski definition) is 1. The van der Waals surface area contributed by atoms with Gasteiger partial charge in [-0.3, -0.25) is 9.59 Å². The number of carbonyl (C=O) groups excluding carboxylic acids is 2. The molecule has 0 heterocycles. The number of aryl methyl sites for hydroxylation is 1. The predicted octanol–water partition coefficient (Wildman–Crippen LogP) is 5.98. The molecule has 33 heavy (non-hydrogen) atoms. The number of rotatable bonds is 12. The summed E-state index contributed by atoms with van der Waals surface area (Å²) in [6.45, 7) is 11.1. The molecule has 6 heteroatoms. The van der Waals surface area contributed by atoms with E-state index in [2.05, 4.69) is 42.0 Å². The van der Waals surface area contributed by atoms with E-state index >= 15 is 0 Å². The fourth-order valence-electron chi connectivity index (χ4n) is 3.53. The lowest BCUT2D eigenvalue weighted by Crippen LogP contribution is -2.50. The van der Waals surface area contributed by atoms with Gasteiger partial charge in [0.05, 0.1) is 4.47 Å². The van der Waals surface area contributed by atoms with E-state index in [9.17, 15) is 9.59 Å². The first-order valence-electron chi connectivity index (χ1n) is 11.8. The predicted molar refractivity (Wildman–Crippen MR) is 137 cm³/mol. The second-order valence-corrected chi connectivity index (χ2v) is 9.56. The fourth-order valence-corrected chi connectivity index (χ4v) is 4.04. The maximum absolute atomic E-state index is 13.3. The molecular formula is C27H37BrN2O3. The monoisotopic (exact) mass is 516 g/mol. The third-order valence-electron chi connectivity index (χ3n) is 5.66. The Labute approximate surface area is 207 Å². The Morgan fingerprint density at radius 3 is 2.36 bits per heavy atom. The van der Waals surface area contributed by atoms with Gasteiger partial charge in [-0.05, 0) is 64.9 Å². The van der Waals surface area contributed by atoms with Crippen LogP contribution < -0.4 is 10.1 Å². The molecule has 2 aromatic rings. The number of carbonyl (C=O) groups is 2. The number of unbranched alkanes of at least 4 members (excludes halogenated alkanes) is 1. The normalized spacial score (nSPS) is 11.8. The molecule has 0 spiro atoms. The van der Waals surface area contributed by atoms with Gasteiger partial charge in [-0.2, -0.15) is 0 Å². The summed E-state index contributed by atoms with van der Waals surface area (Å²) in [6, 6.07) is 13.4. The molecule has 1 atom stereocenters. The standard InChI is InChI=1S/C27H37BrN2O3/c1-6-8-15-29-27(32)24(7-2)30(17-21-11-9-20(5)10-12-21)26(31)18-33-25-14-13-22(19(3)4)16-23(25)28/h9-14,16,19,24H,6-8,15,17-18H2,1-5H3,(H,29,32)/t24-/m0/s1. The SMILES string of the molecule is CCCCNC(=O)[C@H](CC)N(Cc1ccc(C)cc1)C(=O)COc1ccc(C(C)C)cc1Br. The van der Waals surface area contributed by atoms with E-state index in [1.54, 1.807) is 4.90 Å². The highest BCUT2D eigenvalue weighted by Crippen LogP contribution is 2.29. The summed E-state index contributed by atoms with van der Waals surface area (Å²) in [4.78, 5) is 27.9. The Hall–Kier alpha value is -2.34. The zero-order valence-corrected chi connectivity index (χ0v) is 22.1. The minimum absolute atomic E-state index is 0.117. The molecule has 0 unspecified atom stereocenters. The van der Waals surface area contributed by atoms with Gasteiger partial charge in [-0.25, -0.2) is 0 Å². The summed E-state index contributed by atoms with van der Waals surface area (Å²) in [5, 5.41) is 2.98. The zero-order chi connectivity index (χ0) is 24.4. The first kappa shape index (κ1) is 26.9. The van der Waals surface area contributed by atoms with Crippen LogP contribution in [-0.2, 0) is 16.1 Å². The Bertz CT molecular complexity index is 912. The van der Waals surface area contributed by atoms with Crippen molar-refractivity contribution in [3.8, 4) is 5.75 Å². The number of halogens is 1. The van der Waals surface area contributed by atoms with Crippen LogP contribution in [0.15, 0.2) is 46.9 Å². The van der Waals surface area contributed by atoms with Crippen molar-refractivity contribution in [3.05, 3.63) is 63.6 Å². The van der Waals surface area contributed by atoms with Gasteiger partial charge in [-0.15, -0.1) is 0 Å². The van der Waals surface area contributed by atoms with Gasteiger partial charge in [0.15, 0.2) is 6.61 Å². The lowest BCUT2D eigenvalue weighted by molar-refractivity contribution is -0.143. The summed E-state index contributed by atoms with van der Waals surface area (Å²) < 4.78 is 6.69. The number of ether oxygens (including phenoxy) is 1. The number of benzene rings is 2. The summed E-state index contributed by atoms with van der Waals surface area (Å²) >= 11 is 3.55. The zero-order valence-electron chi connectivity index (χ0n) is 20.5. The van der Waals surface area contributed by atoms with E-state index in [1.807, 2.05) is 56.3 Å². The van der Waals surface area contributed by atoms with Gasteiger partial charge in [0.1, 0.15) is 11.8 Å². The van der Waals surface area contributed by atoms with Crippen LogP contribution in [-0.4, -0.2) is 35.9 Å². The first-order chi connectivity index (χ1) is 15.8. The third kappa shape index (κ3) is 8.18. The van der Waals surface area contributed by atoms with Crippen molar-refractivity contribution in [1.82, 2.24) is 10.2 Å². The number of hydrogen-bond acceptors (Lipinski definition) is 3. The van der Waals surface area contributed by atoms with Gasteiger partial charge in [0.2, 0.25) is 5.91 Å². The molecule has 0 bridgehead atoms. The smallest absolute Gasteiger partial charge is 0.261 e. The minimum Gasteiger partial charge on any atom is -0.483 e. The molecule has 0 aliphatic carbocycles. The quantitative estimate of drug-likeness (QED) is 0.352. The van der Waals surface area contributed by atoms with Gasteiger partial charge >= 0.3 is 0 Å². The molecule has 2 rings (SSSR count). The summed E-state index contributed by atoms with van der Waals surface area (Å²) in [5.74, 6) is 0.684. The molecule has 180 valence electrons. The lowest BCUT2D eigenvalue weighted by atomic mass is 10.0. The van der Waals surface area contributed by atoms with Crippen LogP contribution in [0.4, 0.5) is 0 Å². The largest absolute Gasteiger partial charge is 0.483 e. The number of amides is 2. The Balaban J connectivity index is 2.19. The molecule has 0 radical (unpaired) electrons. The van der Waals surface area contributed by atoms with Gasteiger partial charge in [0.25, 0.3) is 5.91 Å². The third-order valence-corrected chi connectivity index (χ3v) is 6.28. The first-order valence-corrected chi connectivity index (χ1v) is 12.6. The van der Waals surface area contributed by atoms with E-state index in [1.165, 1.54) is 5.56 Å². The van der Waals surface area contributed by atoms with E-state index < -0.39 is 6.04 Å². The molecule has 2 aromatic carbocycles. The van der Waals surface area contributed by atoms with Crippen molar-refractivity contribution < 1.29 is 14.3 Å². The Morgan fingerprint density at radius 2 is 1.79 bits per heavy atom. The molecule has 0 aromatic heterocycles. The summed E-state index contributed by atoms with van der Waals surface area (Å²) in [5.41, 5.74) is 3.33. The van der Waals surface area contributed by atoms with Crippen LogP contribution in [0, 0.1) is 6.92 Å². The average molecular weight is 518 g/mol. The van der Waals surface area contributed by atoms with Crippen molar-refractivity contribution >= 4 is 27.7 Å². The topological polar surface area (TPSA) is 58.6 Å². The van der Waals surface area contributed by atoms with Crippen LogP contribution in [0.3, 0.4) is 0 Å². The van der Waals surface area contributed by atoms with Crippen LogP contribution in [0.1, 0.15) is 69.6 Å². The van der Waals surface area contributed by atoms with Crippen molar-refractivity contribution in [1.29, 1.82) is 0 Å². The molecule has 0 saturated carbocycles. The second kappa shape index (κ2) is 13.4. The molecule has 0 aliphatic rings. The maximum Gasteiger partial charge on any atom is 0.261 e. The van der Waals surface area contributed by atoms with Crippen LogP contribution >= 0.6 is 15.9 Å². The summed E-state index contributed by atoms with van der Waals surface area (Å²) in [7, 11) is 0. The second-order valence-electron chi connectivity index (χ2n) is 8.71. The van der Waals surface area contributed by atoms with Crippen molar-refractivity contribution in [3.63, 3.8) is 0 Å². The van der Waals surface area contributed by atoms with E-state index in [0.29, 0.717) is 31.2 Å². The molecule has 0 fully saturated rings. The minimum atomic E-state index is -0.550. The molecule has 1 N–H and O–H groups in total. The molecule has 0 aliphatic heterocycles. The van der Waals surface area contributed by atoms with E-state index in [0.717, 1.165) is 28.4 Å². The number of nitrogens with zero attached hydrogens (tertiary/aromatic N) is 1. The van der Waals surface area contributed by atoms with Gasteiger partial charge < -0.3 is 15.0 Å². The fraction of sp³-hybridized carbons (Fsp3) is 0.481. The number of nitrogens with one attached hydrogen (secondary N) is 1. The highest BCUT2D eigenvalue weighted by molar-refractivity contribution is 9.10. The highest BCUT2D eigenvalue weighted by atomic mass is 79.9. The Morgan fingerprint density at radius 1 is 1.09 bits per heavy atom. The Kier molecular flexibility index (Phi) is 10.9.